The van der Waals surface area contributed by atoms with Crippen molar-refractivity contribution >= 4 is 69.7 Å². The topological polar surface area (TPSA) is 165 Å². The third kappa shape index (κ3) is 6.98. The van der Waals surface area contributed by atoms with Crippen molar-refractivity contribution in [1.82, 2.24) is 10.0 Å². The van der Waals surface area contributed by atoms with Crippen LogP contribution in [0.15, 0.2) is 76.6 Å². The van der Waals surface area contributed by atoms with Gasteiger partial charge in [-0.15, -0.1) is 0 Å². The highest BCUT2D eigenvalue weighted by Crippen LogP contribution is 2.34. The zero-order valence-electron chi connectivity index (χ0n) is 21.0. The van der Waals surface area contributed by atoms with Crippen LogP contribution < -0.4 is 14.9 Å². The van der Waals surface area contributed by atoms with Crippen molar-refractivity contribution in [1.29, 1.82) is 0 Å². The molecule has 0 spiro atoms. The maximum atomic E-state index is 13.9. The van der Waals surface area contributed by atoms with Crippen LogP contribution in [0.4, 0.5) is 5.69 Å². The van der Waals surface area contributed by atoms with Crippen LogP contribution in [-0.4, -0.2) is 63.0 Å². The largest absolute Gasteiger partial charge is 0.505 e. The van der Waals surface area contributed by atoms with Crippen LogP contribution in [-0.2, 0) is 30.2 Å². The lowest BCUT2D eigenvalue weighted by Crippen LogP contribution is -2.50. The Labute approximate surface area is 246 Å². The summed E-state index contributed by atoms with van der Waals surface area (Å²) in [7, 11) is -2.12. The van der Waals surface area contributed by atoms with Crippen molar-refractivity contribution in [3.8, 4) is 5.75 Å². The molecule has 0 saturated heterocycles. The Balaban J connectivity index is 1.75. The van der Waals surface area contributed by atoms with E-state index in [2.05, 4.69) is 15.0 Å². The molecule has 0 fully saturated rings. The standard InChI is InChI=1S/C27H22Cl2N4O7S/c28-19-11-17(12-20(29)25(19)38)41(40)32-26-27(39)33(13-22(35)30-16(14-34)10-23(36)37)21-9-5-4-8-18(21)24(31-26)15-6-2-1-3-7-15/h1-9,11-12,14,16,26,32,38H,10,13H2,(H,30,35)(H,36,37). The van der Waals surface area contributed by atoms with Gasteiger partial charge in [0.25, 0.3) is 5.91 Å². The average molecular weight is 617 g/mol. The Morgan fingerprint density at radius 2 is 1.71 bits per heavy atom. The maximum Gasteiger partial charge on any atom is 0.305 e. The number of halogens is 2. The van der Waals surface area contributed by atoms with E-state index in [1.54, 1.807) is 54.6 Å². The minimum absolute atomic E-state index is 0.0515. The zero-order chi connectivity index (χ0) is 29.7. The molecule has 4 rings (SSSR count). The Morgan fingerprint density at radius 3 is 2.34 bits per heavy atom. The molecule has 3 unspecified atom stereocenters. The summed E-state index contributed by atoms with van der Waals surface area (Å²) >= 11 is 12.0. The smallest absolute Gasteiger partial charge is 0.305 e. The number of carbonyl (C=O) groups is 4. The van der Waals surface area contributed by atoms with Gasteiger partial charge in [0, 0.05) is 11.1 Å². The van der Waals surface area contributed by atoms with Crippen LogP contribution >= 0.6 is 23.2 Å². The molecule has 41 heavy (non-hydrogen) atoms. The second-order valence-corrected chi connectivity index (χ2v) is 10.8. The molecular formula is C27H22Cl2N4O7S. The lowest BCUT2D eigenvalue weighted by atomic mass is 10.0. The van der Waals surface area contributed by atoms with E-state index >= 15 is 0 Å². The third-order valence-electron chi connectivity index (χ3n) is 5.89. The van der Waals surface area contributed by atoms with Crippen LogP contribution in [0.25, 0.3) is 0 Å². The number of hydrogen-bond donors (Lipinski definition) is 4. The highest BCUT2D eigenvalue weighted by atomic mass is 35.5. The van der Waals surface area contributed by atoms with E-state index in [0.29, 0.717) is 28.8 Å². The molecule has 1 aliphatic rings. The molecule has 4 N–H and O–H groups in total. The third-order valence-corrected chi connectivity index (χ3v) is 7.56. The molecule has 3 atom stereocenters. The number of aldehydes is 1. The minimum Gasteiger partial charge on any atom is -0.505 e. The number of aliphatic imine (C=N–C) groups is 1. The van der Waals surface area contributed by atoms with Gasteiger partial charge in [0.15, 0.2) is 11.9 Å². The molecule has 14 heteroatoms. The maximum absolute atomic E-state index is 13.9. The molecule has 3 aromatic rings. The van der Waals surface area contributed by atoms with Gasteiger partial charge >= 0.3 is 5.97 Å². The van der Waals surface area contributed by atoms with E-state index in [0.717, 1.165) is 4.90 Å². The predicted octanol–water partition coefficient (Wildman–Crippen LogP) is 2.68. The number of benzene rings is 3. The number of phenols is 1. The van der Waals surface area contributed by atoms with Crippen molar-refractivity contribution in [3.05, 3.63) is 87.9 Å². The number of para-hydroxylation sites is 1. The molecule has 11 nitrogen and oxygen atoms in total. The van der Waals surface area contributed by atoms with Crippen molar-refractivity contribution in [3.63, 3.8) is 0 Å². The van der Waals surface area contributed by atoms with E-state index in [1.165, 1.54) is 12.1 Å². The number of hydrogen-bond acceptors (Lipinski definition) is 7. The van der Waals surface area contributed by atoms with Crippen molar-refractivity contribution in [2.45, 2.75) is 23.5 Å². The summed E-state index contributed by atoms with van der Waals surface area (Å²) in [4.78, 5) is 54.9. The normalized spacial score (nSPS) is 16.1. The number of aromatic hydroxyl groups is 1. The first-order chi connectivity index (χ1) is 19.6. The van der Waals surface area contributed by atoms with Gasteiger partial charge < -0.3 is 20.3 Å². The monoisotopic (exact) mass is 616 g/mol. The van der Waals surface area contributed by atoms with Crippen molar-refractivity contribution in [2.24, 2.45) is 4.99 Å². The SMILES string of the molecule is O=CC(CC(=O)O)NC(=O)CN1C(=O)C(NS(=O)c2cc(Cl)c(O)c(Cl)c2)N=C(c2ccccc2)c2ccccc21. The van der Waals surface area contributed by atoms with Gasteiger partial charge in [0.1, 0.15) is 23.8 Å². The molecule has 3 aromatic carbocycles. The average Bonchev–Trinajstić information content (AvgIpc) is 3.06. The van der Waals surface area contributed by atoms with Crippen LogP contribution in [0.2, 0.25) is 10.0 Å². The van der Waals surface area contributed by atoms with E-state index < -0.39 is 59.7 Å². The van der Waals surface area contributed by atoms with E-state index in [1.807, 2.05) is 0 Å². The first kappa shape index (κ1) is 29.9. The lowest BCUT2D eigenvalue weighted by Gasteiger charge is -2.25. The second kappa shape index (κ2) is 13.0. The number of nitrogens with zero attached hydrogens (tertiary/aromatic N) is 2. The summed E-state index contributed by atoms with van der Waals surface area (Å²) in [6, 6.07) is 16.7. The lowest BCUT2D eigenvalue weighted by molar-refractivity contribution is -0.138. The molecule has 0 aromatic heterocycles. The van der Waals surface area contributed by atoms with Gasteiger partial charge in [-0.1, -0.05) is 71.7 Å². The molecule has 2 amide bonds. The first-order valence-corrected chi connectivity index (χ1v) is 13.9. The highest BCUT2D eigenvalue weighted by Gasteiger charge is 2.34. The number of fused-ring (bicyclic) bond motifs is 1. The molecule has 1 aliphatic heterocycles. The number of benzodiazepines with no additional fused rings is 1. The van der Waals surface area contributed by atoms with Crippen LogP contribution in [0.5, 0.6) is 5.75 Å². The van der Waals surface area contributed by atoms with Crippen LogP contribution in [0, 0.1) is 0 Å². The molecule has 0 radical (unpaired) electrons. The molecule has 0 saturated carbocycles. The van der Waals surface area contributed by atoms with Gasteiger partial charge in [0.2, 0.25) is 5.91 Å². The van der Waals surface area contributed by atoms with Gasteiger partial charge in [-0.2, -0.15) is 0 Å². The van der Waals surface area contributed by atoms with Gasteiger partial charge in [-0.25, -0.2) is 8.93 Å². The number of aliphatic carboxylic acids is 1. The molecule has 1 heterocycles. The predicted molar refractivity (Wildman–Crippen MR) is 153 cm³/mol. The summed E-state index contributed by atoms with van der Waals surface area (Å²) < 4.78 is 15.9. The number of rotatable bonds is 10. The molecule has 212 valence electrons. The van der Waals surface area contributed by atoms with Gasteiger partial charge in [0.05, 0.1) is 38.8 Å². The minimum atomic E-state index is -2.12. The number of carboxylic acids is 1. The summed E-state index contributed by atoms with van der Waals surface area (Å²) in [5.41, 5.74) is 1.80. The van der Waals surface area contributed by atoms with E-state index in [9.17, 15) is 28.5 Å². The fraction of sp³-hybridized carbons (Fsp3) is 0.148. The molecule has 0 bridgehead atoms. The Kier molecular flexibility index (Phi) is 9.50. The number of phenolic OH excluding ortho intramolecular Hbond substituents is 1. The Hall–Kier alpha value is -4.10. The summed E-state index contributed by atoms with van der Waals surface area (Å²) in [6.07, 6.45) is -1.83. The Bertz CT molecular complexity index is 1550. The van der Waals surface area contributed by atoms with Crippen LogP contribution in [0.3, 0.4) is 0 Å². The number of carbonyl (C=O) groups excluding carboxylic acids is 3. The number of carboxylic acid groups (broad SMARTS) is 1. The number of nitrogens with one attached hydrogen (secondary N) is 2. The van der Waals surface area contributed by atoms with Gasteiger partial charge in [-0.3, -0.25) is 24.3 Å². The number of anilines is 1. The van der Waals surface area contributed by atoms with Gasteiger partial charge in [-0.05, 0) is 18.2 Å². The van der Waals surface area contributed by atoms with Crippen LogP contribution in [0.1, 0.15) is 17.5 Å². The zero-order valence-corrected chi connectivity index (χ0v) is 23.3. The van der Waals surface area contributed by atoms with Crippen molar-refractivity contribution in [2.75, 3.05) is 11.4 Å². The fourth-order valence-electron chi connectivity index (χ4n) is 4.03. The first-order valence-electron chi connectivity index (χ1n) is 12.0. The summed E-state index contributed by atoms with van der Waals surface area (Å²) in [6.45, 7) is -0.598. The van der Waals surface area contributed by atoms with E-state index in [-0.39, 0.29) is 14.9 Å². The highest BCUT2D eigenvalue weighted by molar-refractivity contribution is 7.83. The number of amides is 2. The fourth-order valence-corrected chi connectivity index (χ4v) is 5.59. The summed E-state index contributed by atoms with van der Waals surface area (Å²) in [5, 5.41) is 20.9. The molecular weight excluding hydrogens is 595 g/mol. The Morgan fingerprint density at radius 1 is 1.07 bits per heavy atom. The second-order valence-electron chi connectivity index (χ2n) is 8.72. The quantitative estimate of drug-likeness (QED) is 0.254. The molecule has 0 aliphatic carbocycles. The summed E-state index contributed by atoms with van der Waals surface area (Å²) in [5.74, 6) is -3.25. The van der Waals surface area contributed by atoms with E-state index in [4.69, 9.17) is 28.3 Å². The van der Waals surface area contributed by atoms with Crippen molar-refractivity contribution < 1.29 is 33.6 Å².